The van der Waals surface area contributed by atoms with Crippen LogP contribution in [0, 0.1) is 0 Å². The number of hydrogen-bond donors (Lipinski definition) is 0. The number of nitrogens with zero attached hydrogens (tertiary/aromatic N) is 3. The molecule has 0 fully saturated rings. The van der Waals surface area contributed by atoms with Crippen LogP contribution in [0.5, 0.6) is 0 Å². The summed E-state index contributed by atoms with van der Waals surface area (Å²) in [5.41, 5.74) is 0. The summed E-state index contributed by atoms with van der Waals surface area (Å²) in [6.07, 6.45) is 13.0. The lowest BCUT2D eigenvalue weighted by molar-refractivity contribution is 1.23. The lowest BCUT2D eigenvalue weighted by atomic mass is 10.3. The normalized spacial score (nSPS) is 22.7. The number of allylic oxidation sites excluding steroid dienone is 1. The van der Waals surface area contributed by atoms with Gasteiger partial charge in [0.2, 0.25) is 0 Å². The van der Waals surface area contributed by atoms with Gasteiger partial charge in [-0.15, -0.1) is 11.3 Å². The molecule has 1 aliphatic heterocycles. The lowest BCUT2D eigenvalue weighted by Crippen LogP contribution is -2.18. The summed E-state index contributed by atoms with van der Waals surface area (Å²) in [5, 5.41) is 2.25. The molecule has 2 aromatic heterocycles. The van der Waals surface area contributed by atoms with Crippen molar-refractivity contribution in [3.05, 3.63) is 34.6 Å². The van der Waals surface area contributed by atoms with Gasteiger partial charge >= 0.3 is 0 Å². The van der Waals surface area contributed by atoms with E-state index in [-0.39, 0.29) is 0 Å². The summed E-state index contributed by atoms with van der Waals surface area (Å²) in [5.74, 6) is 0. The summed E-state index contributed by atoms with van der Waals surface area (Å²) in [7, 11) is 0. The Morgan fingerprint density at radius 2 is 2.20 bits per heavy atom. The Bertz CT molecular complexity index is 679. The first-order valence-corrected chi connectivity index (χ1v) is 5.36. The average Bonchev–Trinajstić information content (AvgIpc) is 2.55. The topological polar surface area (TPSA) is 38.1 Å². The van der Waals surface area contributed by atoms with Gasteiger partial charge in [0.05, 0.1) is 0 Å². The van der Waals surface area contributed by atoms with E-state index >= 15 is 0 Å². The van der Waals surface area contributed by atoms with E-state index in [4.69, 9.17) is 0 Å². The zero-order valence-electron chi connectivity index (χ0n) is 7.79. The molecule has 0 spiro atoms. The maximum absolute atomic E-state index is 4.25. The van der Waals surface area contributed by atoms with E-state index in [9.17, 15) is 0 Å². The van der Waals surface area contributed by atoms with Crippen LogP contribution in [-0.4, -0.2) is 16.2 Å². The molecule has 3 rings (SSSR count). The van der Waals surface area contributed by atoms with Crippen LogP contribution in [0.1, 0.15) is 0 Å². The zero-order valence-corrected chi connectivity index (χ0v) is 8.61. The van der Waals surface area contributed by atoms with Crippen molar-refractivity contribution in [1.82, 2.24) is 9.97 Å². The van der Waals surface area contributed by atoms with Crippen LogP contribution in [0.15, 0.2) is 29.8 Å². The van der Waals surface area contributed by atoms with Gasteiger partial charge in [-0.3, -0.25) is 4.99 Å². The Balaban J connectivity index is 2.56. The van der Waals surface area contributed by atoms with Gasteiger partial charge in [0.15, 0.2) is 0 Å². The van der Waals surface area contributed by atoms with Crippen LogP contribution in [0.25, 0.3) is 22.4 Å². The first-order chi connectivity index (χ1) is 7.45. The number of rotatable bonds is 0. The molecule has 0 N–H and O–H groups in total. The second kappa shape index (κ2) is 3.40. The third kappa shape index (κ3) is 1.39. The highest BCUT2D eigenvalue weighted by molar-refractivity contribution is 7.16. The molecular formula is C11H7N3S. The van der Waals surface area contributed by atoms with E-state index in [1.807, 2.05) is 18.3 Å². The summed E-state index contributed by atoms with van der Waals surface area (Å²) < 4.78 is 1.20. The number of aliphatic imine (C=N–C) groups is 1. The van der Waals surface area contributed by atoms with E-state index in [1.54, 1.807) is 30.1 Å². The molecule has 0 atom stereocenters. The molecule has 0 bridgehead atoms. The second-order valence-corrected chi connectivity index (χ2v) is 4.13. The van der Waals surface area contributed by atoms with Gasteiger partial charge in [-0.25, -0.2) is 9.97 Å². The molecule has 0 amide bonds. The van der Waals surface area contributed by atoms with Gasteiger partial charge in [0.1, 0.15) is 11.2 Å². The molecule has 15 heavy (non-hydrogen) atoms. The first kappa shape index (κ1) is 8.49. The molecule has 0 unspecified atom stereocenters. The van der Waals surface area contributed by atoms with Gasteiger partial charge in [0, 0.05) is 33.7 Å². The smallest absolute Gasteiger partial charge is 0.127 e. The first-order valence-electron chi connectivity index (χ1n) is 4.54. The summed E-state index contributed by atoms with van der Waals surface area (Å²) in [4.78, 5) is 13.4. The Morgan fingerprint density at radius 3 is 3.20 bits per heavy atom. The van der Waals surface area contributed by atoms with Gasteiger partial charge in [-0.05, 0) is 18.2 Å². The van der Waals surface area contributed by atoms with Crippen molar-refractivity contribution in [2.45, 2.75) is 0 Å². The third-order valence-corrected chi connectivity index (χ3v) is 3.28. The van der Waals surface area contributed by atoms with Gasteiger partial charge in [-0.1, -0.05) is 0 Å². The minimum absolute atomic E-state index is 1.02. The van der Waals surface area contributed by atoms with E-state index in [1.165, 1.54) is 4.53 Å². The molecular weight excluding hydrogens is 206 g/mol. The third-order valence-electron chi connectivity index (χ3n) is 2.18. The Morgan fingerprint density at radius 1 is 1.20 bits per heavy atom. The van der Waals surface area contributed by atoms with Crippen LogP contribution in [-0.2, 0) is 0 Å². The quantitative estimate of drug-likeness (QED) is 0.650. The predicted octanol–water partition coefficient (Wildman–Crippen LogP) is 0.850. The van der Waals surface area contributed by atoms with Crippen LogP contribution < -0.4 is 9.75 Å². The number of thiophene rings is 1. The largest absolute Gasteiger partial charge is 0.265 e. The van der Waals surface area contributed by atoms with Gasteiger partial charge < -0.3 is 0 Å². The van der Waals surface area contributed by atoms with Crippen molar-refractivity contribution in [3.8, 4) is 0 Å². The fourth-order valence-electron chi connectivity index (χ4n) is 1.52. The van der Waals surface area contributed by atoms with Crippen molar-refractivity contribution in [3.63, 3.8) is 0 Å². The monoisotopic (exact) mass is 213 g/mol. The number of aromatic nitrogens is 2. The van der Waals surface area contributed by atoms with Gasteiger partial charge in [0.25, 0.3) is 0 Å². The molecule has 0 radical (unpaired) electrons. The highest BCUT2D eigenvalue weighted by Gasteiger charge is 2.00. The highest BCUT2D eigenvalue weighted by atomic mass is 32.1. The van der Waals surface area contributed by atoms with Crippen LogP contribution in [0.4, 0.5) is 0 Å². The molecule has 72 valence electrons. The zero-order chi connectivity index (χ0) is 10.1. The molecule has 4 heteroatoms. The summed E-state index contributed by atoms with van der Waals surface area (Å²) >= 11 is 1.67. The maximum Gasteiger partial charge on any atom is 0.127 e. The van der Waals surface area contributed by atoms with E-state index < -0.39 is 0 Å². The maximum atomic E-state index is 4.25. The van der Waals surface area contributed by atoms with Crippen molar-refractivity contribution in [2.75, 3.05) is 0 Å². The van der Waals surface area contributed by atoms with Crippen molar-refractivity contribution in [1.29, 1.82) is 0 Å². The molecule has 2 aromatic rings. The molecule has 0 aromatic carbocycles. The molecule has 1 aliphatic rings. The van der Waals surface area contributed by atoms with Crippen LogP contribution >= 0.6 is 11.3 Å². The summed E-state index contributed by atoms with van der Waals surface area (Å²) in [6.45, 7) is 0. The van der Waals surface area contributed by atoms with Crippen LogP contribution in [0.3, 0.4) is 0 Å². The molecule has 3 heterocycles. The SMILES string of the molecule is C1=C\N=C/C=c2\c(sc3ncncc23)=C/1. The van der Waals surface area contributed by atoms with Crippen molar-refractivity contribution >= 4 is 39.9 Å². The fraction of sp³-hybridized carbons (Fsp3) is 0. The van der Waals surface area contributed by atoms with Crippen molar-refractivity contribution in [2.24, 2.45) is 4.99 Å². The van der Waals surface area contributed by atoms with E-state index in [0.29, 0.717) is 0 Å². The Kier molecular flexibility index (Phi) is 1.93. The molecule has 0 aliphatic carbocycles. The standard InChI is InChI=1S/C11H7N3S/c1-2-10-8(3-5-12-4-1)9-6-13-7-14-11(9)15-10/h1-7H/b2-1?,4-1-,5-3?,8-3-,10-2+,12-4?,12-5-. The number of fused-ring (bicyclic) bond motifs is 3. The Labute approximate surface area is 89.8 Å². The minimum Gasteiger partial charge on any atom is -0.265 e. The lowest BCUT2D eigenvalue weighted by Gasteiger charge is -1.85. The number of hydrogen-bond acceptors (Lipinski definition) is 4. The van der Waals surface area contributed by atoms with Crippen molar-refractivity contribution < 1.29 is 0 Å². The average molecular weight is 213 g/mol. The predicted molar refractivity (Wildman–Crippen MR) is 63.2 cm³/mol. The second-order valence-electron chi connectivity index (χ2n) is 3.09. The van der Waals surface area contributed by atoms with Gasteiger partial charge in [-0.2, -0.15) is 0 Å². The fourth-order valence-corrected chi connectivity index (χ4v) is 2.53. The van der Waals surface area contributed by atoms with Crippen LogP contribution in [0.2, 0.25) is 0 Å². The highest BCUT2D eigenvalue weighted by Crippen LogP contribution is 2.07. The van der Waals surface area contributed by atoms with E-state index in [0.717, 1.165) is 15.4 Å². The molecule has 0 saturated carbocycles. The molecule has 3 nitrogen and oxygen atoms in total. The Hall–Kier alpha value is -1.81. The minimum atomic E-state index is 1.02. The summed E-state index contributed by atoms with van der Waals surface area (Å²) in [6, 6.07) is 0. The van der Waals surface area contributed by atoms with E-state index in [2.05, 4.69) is 21.0 Å². The molecule has 0 saturated heterocycles.